The van der Waals surface area contributed by atoms with Gasteiger partial charge in [-0.15, -0.1) is 0 Å². The van der Waals surface area contributed by atoms with Gasteiger partial charge in [-0.3, -0.25) is 4.79 Å². The maximum absolute atomic E-state index is 12.9. The second-order valence-electron chi connectivity index (χ2n) is 8.16. The summed E-state index contributed by atoms with van der Waals surface area (Å²) in [6.45, 7) is 11.2. The Balaban J connectivity index is 1.56. The molecule has 0 aromatic carbocycles. The van der Waals surface area contributed by atoms with Crippen LogP contribution in [0.15, 0.2) is 36.0 Å². The molecule has 0 unspecified atom stereocenters. The zero-order chi connectivity index (χ0) is 20.1. The van der Waals surface area contributed by atoms with E-state index in [0.717, 1.165) is 44.6 Å². The van der Waals surface area contributed by atoms with Crippen molar-refractivity contribution in [1.82, 2.24) is 20.0 Å². The lowest BCUT2D eigenvalue weighted by atomic mass is 9.81. The standard InChI is InChI=1S/C22H34N4O2/c1-4-9-18-19(5-2)22(23-20(18)27)10-14-26(15-11-22)21(28)24(3)16-17-25-12-7-6-8-13-25/h4-5,9H,2,6-8,10-17H2,1,3H3,(H,23,27)/b9-4-. The van der Waals surface area contributed by atoms with Gasteiger partial charge in [0.2, 0.25) is 0 Å². The number of rotatable bonds is 5. The number of likely N-dealkylation sites (N-methyl/N-ethyl adjacent to an activating group) is 1. The molecule has 3 heterocycles. The first-order valence-electron chi connectivity index (χ1n) is 10.6. The first-order chi connectivity index (χ1) is 13.5. The molecule has 1 spiro atoms. The molecule has 6 nitrogen and oxygen atoms in total. The molecule has 2 fully saturated rings. The van der Waals surface area contributed by atoms with Crippen LogP contribution in [0.25, 0.3) is 0 Å². The van der Waals surface area contributed by atoms with Gasteiger partial charge in [0, 0.05) is 38.8 Å². The van der Waals surface area contributed by atoms with Crippen LogP contribution in [-0.2, 0) is 4.79 Å². The summed E-state index contributed by atoms with van der Waals surface area (Å²) in [5, 5.41) is 3.17. The molecule has 3 rings (SSSR count). The molecule has 28 heavy (non-hydrogen) atoms. The largest absolute Gasteiger partial charge is 0.342 e. The van der Waals surface area contributed by atoms with Gasteiger partial charge in [0.25, 0.3) is 5.91 Å². The second kappa shape index (κ2) is 8.95. The lowest BCUT2D eigenvalue weighted by molar-refractivity contribution is -0.117. The Morgan fingerprint density at radius 2 is 1.89 bits per heavy atom. The predicted molar refractivity (Wildman–Crippen MR) is 112 cm³/mol. The lowest BCUT2D eigenvalue weighted by Gasteiger charge is -2.41. The van der Waals surface area contributed by atoms with Gasteiger partial charge in [-0.2, -0.15) is 0 Å². The molecule has 1 N–H and O–H groups in total. The first kappa shape index (κ1) is 20.6. The number of allylic oxidation sites excluding steroid dienone is 1. The van der Waals surface area contributed by atoms with E-state index >= 15 is 0 Å². The molecule has 0 bridgehead atoms. The number of amides is 3. The van der Waals surface area contributed by atoms with Crippen molar-refractivity contribution >= 4 is 11.9 Å². The van der Waals surface area contributed by atoms with Gasteiger partial charge >= 0.3 is 6.03 Å². The van der Waals surface area contributed by atoms with E-state index in [9.17, 15) is 9.59 Å². The Morgan fingerprint density at radius 1 is 1.21 bits per heavy atom. The quantitative estimate of drug-likeness (QED) is 0.790. The van der Waals surface area contributed by atoms with Crippen molar-refractivity contribution in [3.8, 4) is 0 Å². The van der Waals surface area contributed by atoms with Gasteiger partial charge in [0.05, 0.1) is 5.54 Å². The molecule has 3 aliphatic heterocycles. The van der Waals surface area contributed by atoms with Crippen LogP contribution >= 0.6 is 0 Å². The number of hydrogen-bond donors (Lipinski definition) is 1. The van der Waals surface area contributed by atoms with E-state index in [0.29, 0.717) is 18.7 Å². The van der Waals surface area contributed by atoms with Crippen LogP contribution in [0.5, 0.6) is 0 Å². The van der Waals surface area contributed by atoms with E-state index in [4.69, 9.17) is 0 Å². The number of carbonyl (C=O) groups excluding carboxylic acids is 2. The third-order valence-corrected chi connectivity index (χ3v) is 6.36. The summed E-state index contributed by atoms with van der Waals surface area (Å²) in [6.07, 6.45) is 10.9. The molecule has 0 aliphatic carbocycles. The summed E-state index contributed by atoms with van der Waals surface area (Å²) in [5.41, 5.74) is 1.30. The monoisotopic (exact) mass is 386 g/mol. The highest BCUT2D eigenvalue weighted by atomic mass is 16.2. The van der Waals surface area contributed by atoms with Crippen LogP contribution in [0.2, 0.25) is 0 Å². The van der Waals surface area contributed by atoms with Crippen molar-refractivity contribution in [3.63, 3.8) is 0 Å². The number of piperidine rings is 2. The van der Waals surface area contributed by atoms with Crippen LogP contribution in [0, 0.1) is 0 Å². The van der Waals surface area contributed by atoms with Gasteiger partial charge in [-0.25, -0.2) is 4.79 Å². The molecule has 0 radical (unpaired) electrons. The highest BCUT2D eigenvalue weighted by Crippen LogP contribution is 2.37. The second-order valence-corrected chi connectivity index (χ2v) is 8.16. The lowest BCUT2D eigenvalue weighted by Crippen LogP contribution is -2.56. The molecule has 0 atom stereocenters. The minimum atomic E-state index is -0.378. The number of nitrogens with one attached hydrogen (secondary N) is 1. The summed E-state index contributed by atoms with van der Waals surface area (Å²) < 4.78 is 0. The summed E-state index contributed by atoms with van der Waals surface area (Å²) in [5.74, 6) is -0.0357. The highest BCUT2D eigenvalue weighted by molar-refractivity contribution is 6.02. The molecule has 2 saturated heterocycles. The Morgan fingerprint density at radius 3 is 2.50 bits per heavy atom. The summed E-state index contributed by atoms with van der Waals surface area (Å²) in [7, 11) is 1.90. The van der Waals surface area contributed by atoms with Crippen molar-refractivity contribution in [1.29, 1.82) is 0 Å². The molecular weight excluding hydrogens is 352 g/mol. The van der Waals surface area contributed by atoms with Gasteiger partial charge in [-0.05, 0) is 51.3 Å². The number of hydrogen-bond acceptors (Lipinski definition) is 3. The van der Waals surface area contributed by atoms with Crippen molar-refractivity contribution in [3.05, 3.63) is 36.0 Å². The third kappa shape index (κ3) is 4.17. The fraction of sp³-hybridized carbons (Fsp3) is 0.636. The number of likely N-dealkylation sites (tertiary alicyclic amines) is 2. The van der Waals surface area contributed by atoms with Crippen molar-refractivity contribution in [2.75, 3.05) is 46.3 Å². The fourth-order valence-corrected chi connectivity index (χ4v) is 4.66. The topological polar surface area (TPSA) is 55.9 Å². The maximum atomic E-state index is 12.9. The zero-order valence-electron chi connectivity index (χ0n) is 17.4. The normalized spacial score (nSPS) is 22.8. The number of nitrogens with zero attached hydrogens (tertiary/aromatic N) is 3. The Kier molecular flexibility index (Phi) is 6.60. The van der Waals surface area contributed by atoms with Crippen molar-refractivity contribution in [2.45, 2.75) is 44.6 Å². The van der Waals surface area contributed by atoms with E-state index in [2.05, 4.69) is 16.8 Å². The average molecular weight is 387 g/mol. The molecule has 0 saturated carbocycles. The van der Waals surface area contributed by atoms with Gasteiger partial charge in [0.1, 0.15) is 0 Å². The minimum Gasteiger partial charge on any atom is -0.342 e. The predicted octanol–water partition coefficient (Wildman–Crippen LogP) is 2.55. The van der Waals surface area contributed by atoms with Gasteiger partial charge < -0.3 is 20.0 Å². The number of urea groups is 1. The Labute approximate surface area is 168 Å². The van der Waals surface area contributed by atoms with Crippen molar-refractivity contribution in [2.24, 2.45) is 0 Å². The van der Waals surface area contributed by atoms with Crippen LogP contribution < -0.4 is 5.32 Å². The molecule has 3 amide bonds. The van der Waals surface area contributed by atoms with Gasteiger partial charge in [-0.1, -0.05) is 31.2 Å². The first-order valence-corrected chi connectivity index (χ1v) is 10.6. The van der Waals surface area contributed by atoms with E-state index in [1.54, 1.807) is 6.08 Å². The SMILES string of the molecule is C=CC1=C(/C=C\C)C(=O)NC12CCN(C(=O)N(C)CCN1CCCCC1)CC2. The molecule has 3 aliphatic rings. The van der Waals surface area contributed by atoms with E-state index in [1.807, 2.05) is 35.9 Å². The van der Waals surface area contributed by atoms with Crippen molar-refractivity contribution < 1.29 is 9.59 Å². The third-order valence-electron chi connectivity index (χ3n) is 6.36. The summed E-state index contributed by atoms with van der Waals surface area (Å²) in [6, 6.07) is 0.0917. The Hall–Kier alpha value is -2.08. The number of carbonyl (C=O) groups is 2. The van der Waals surface area contributed by atoms with Gasteiger partial charge in [0.15, 0.2) is 0 Å². The van der Waals surface area contributed by atoms with Crippen LogP contribution in [0.4, 0.5) is 4.79 Å². The van der Waals surface area contributed by atoms with Crippen LogP contribution in [-0.4, -0.2) is 78.5 Å². The minimum absolute atomic E-state index is 0.0357. The molecule has 0 aromatic heterocycles. The Bertz CT molecular complexity index is 668. The fourth-order valence-electron chi connectivity index (χ4n) is 4.66. The van der Waals surface area contributed by atoms with E-state index < -0.39 is 0 Å². The molecule has 0 aromatic rings. The molecule has 6 heteroatoms. The molecular formula is C22H34N4O2. The summed E-state index contributed by atoms with van der Waals surface area (Å²) in [4.78, 5) is 31.5. The average Bonchev–Trinajstić information content (AvgIpc) is 2.97. The highest BCUT2D eigenvalue weighted by Gasteiger charge is 2.45. The smallest absolute Gasteiger partial charge is 0.319 e. The van der Waals surface area contributed by atoms with Crippen LogP contribution in [0.3, 0.4) is 0 Å². The maximum Gasteiger partial charge on any atom is 0.319 e. The van der Waals surface area contributed by atoms with E-state index in [1.165, 1.54) is 19.3 Å². The van der Waals surface area contributed by atoms with E-state index in [-0.39, 0.29) is 17.5 Å². The summed E-state index contributed by atoms with van der Waals surface area (Å²) >= 11 is 0. The van der Waals surface area contributed by atoms with Crippen LogP contribution in [0.1, 0.15) is 39.0 Å². The zero-order valence-corrected chi connectivity index (χ0v) is 17.4. The molecule has 154 valence electrons.